The molecule has 1 aromatic rings. The predicted octanol–water partition coefficient (Wildman–Crippen LogP) is 2.89. The van der Waals surface area contributed by atoms with E-state index in [2.05, 4.69) is 34.2 Å². The third kappa shape index (κ3) is 3.20. The molecule has 100 valence electrons. The normalized spacial score (nSPS) is 18.9. The molecule has 1 atom stereocenters. The molecule has 1 aliphatic heterocycles. The molecule has 1 saturated heterocycles. The van der Waals surface area contributed by atoms with E-state index in [4.69, 9.17) is 11.6 Å². The number of hydrogen-bond donors (Lipinski definition) is 1. The van der Waals surface area contributed by atoms with Gasteiger partial charge in [-0.05, 0) is 18.6 Å². The van der Waals surface area contributed by atoms with Gasteiger partial charge < -0.3 is 10.2 Å². The van der Waals surface area contributed by atoms with E-state index in [0.717, 1.165) is 24.5 Å². The van der Waals surface area contributed by atoms with Crippen LogP contribution in [0.3, 0.4) is 0 Å². The first-order valence-electron chi connectivity index (χ1n) is 6.29. The van der Waals surface area contributed by atoms with E-state index in [-0.39, 0.29) is 0 Å². The summed E-state index contributed by atoms with van der Waals surface area (Å²) in [7, 11) is 2.06. The summed E-state index contributed by atoms with van der Waals surface area (Å²) in [5, 5.41) is 3.82. The first-order chi connectivity index (χ1) is 8.72. The van der Waals surface area contributed by atoms with E-state index in [0.29, 0.717) is 17.0 Å². The van der Waals surface area contributed by atoms with Crippen molar-refractivity contribution in [2.75, 3.05) is 35.3 Å². The number of anilines is 2. The van der Waals surface area contributed by atoms with Crippen LogP contribution in [0.2, 0.25) is 5.02 Å². The first kappa shape index (κ1) is 13.7. The number of aromatic nitrogens is 2. The molecule has 0 spiro atoms. The summed E-state index contributed by atoms with van der Waals surface area (Å²) >= 11 is 8.19. The van der Waals surface area contributed by atoms with E-state index in [1.165, 1.54) is 12.2 Å². The van der Waals surface area contributed by atoms with Gasteiger partial charge in [0, 0.05) is 25.4 Å². The average Bonchev–Trinajstić information content (AvgIpc) is 2.91. The number of hydrogen-bond acceptors (Lipinski definition) is 5. The van der Waals surface area contributed by atoms with Crippen molar-refractivity contribution in [3.63, 3.8) is 0 Å². The Bertz CT molecular complexity index is 396. The van der Waals surface area contributed by atoms with Crippen LogP contribution in [0.5, 0.6) is 0 Å². The number of halogens is 1. The maximum atomic E-state index is 6.20. The van der Waals surface area contributed by atoms with Gasteiger partial charge in [-0.15, -0.1) is 0 Å². The van der Waals surface area contributed by atoms with Gasteiger partial charge in [0.2, 0.25) is 5.95 Å². The molecule has 1 unspecified atom stereocenters. The van der Waals surface area contributed by atoms with Crippen molar-refractivity contribution in [2.45, 2.75) is 25.8 Å². The van der Waals surface area contributed by atoms with Crippen molar-refractivity contribution >= 4 is 35.1 Å². The van der Waals surface area contributed by atoms with Crippen LogP contribution in [-0.4, -0.2) is 41.1 Å². The lowest BCUT2D eigenvalue weighted by atomic mass is 10.2. The summed E-state index contributed by atoms with van der Waals surface area (Å²) in [6.07, 6.45) is 3.93. The minimum Gasteiger partial charge on any atom is -0.354 e. The zero-order valence-corrected chi connectivity index (χ0v) is 12.4. The molecule has 2 heterocycles. The molecule has 0 aromatic carbocycles. The molecule has 1 fully saturated rings. The number of nitrogens with zero attached hydrogens (tertiary/aromatic N) is 3. The van der Waals surface area contributed by atoms with Crippen LogP contribution in [0, 0.1) is 0 Å². The fraction of sp³-hybridized carbons (Fsp3) is 0.667. The summed E-state index contributed by atoms with van der Waals surface area (Å²) in [6, 6.07) is 0.529. The van der Waals surface area contributed by atoms with Gasteiger partial charge in [0.1, 0.15) is 5.02 Å². The topological polar surface area (TPSA) is 41.1 Å². The van der Waals surface area contributed by atoms with Crippen molar-refractivity contribution in [1.82, 2.24) is 9.97 Å². The molecule has 0 aliphatic carbocycles. The molecule has 18 heavy (non-hydrogen) atoms. The summed E-state index contributed by atoms with van der Waals surface area (Å²) in [4.78, 5) is 10.9. The average molecular weight is 287 g/mol. The van der Waals surface area contributed by atoms with Crippen LogP contribution in [0.15, 0.2) is 6.20 Å². The number of thioether (sulfide) groups is 1. The molecule has 0 saturated carbocycles. The molecule has 1 N–H and O–H groups in total. The Morgan fingerprint density at radius 1 is 1.61 bits per heavy atom. The van der Waals surface area contributed by atoms with Crippen LogP contribution in [0.1, 0.15) is 19.8 Å². The molecule has 4 nitrogen and oxygen atoms in total. The highest BCUT2D eigenvalue weighted by Gasteiger charge is 2.23. The SMILES string of the molecule is CCCNc1ncc(Cl)c(N(C)C2CCSC2)n1. The second kappa shape index (κ2) is 6.48. The van der Waals surface area contributed by atoms with Gasteiger partial charge in [-0.25, -0.2) is 4.98 Å². The molecule has 1 aliphatic rings. The monoisotopic (exact) mass is 286 g/mol. The standard InChI is InChI=1S/C12H19ClN4S/c1-3-5-14-12-15-7-10(13)11(16-12)17(2)9-4-6-18-8-9/h7,9H,3-6,8H2,1-2H3,(H,14,15,16). The molecule has 2 rings (SSSR count). The van der Waals surface area contributed by atoms with E-state index in [1.807, 2.05) is 11.8 Å². The van der Waals surface area contributed by atoms with Crippen molar-refractivity contribution in [3.05, 3.63) is 11.2 Å². The van der Waals surface area contributed by atoms with E-state index >= 15 is 0 Å². The Morgan fingerprint density at radius 2 is 2.44 bits per heavy atom. The van der Waals surface area contributed by atoms with E-state index in [1.54, 1.807) is 6.20 Å². The Kier molecular flexibility index (Phi) is 4.95. The summed E-state index contributed by atoms with van der Waals surface area (Å²) in [6.45, 7) is 3.00. The van der Waals surface area contributed by atoms with Crippen molar-refractivity contribution < 1.29 is 0 Å². The lowest BCUT2D eigenvalue weighted by molar-refractivity contribution is 0.691. The summed E-state index contributed by atoms with van der Waals surface area (Å²) in [5.41, 5.74) is 0. The van der Waals surface area contributed by atoms with Gasteiger partial charge in [0.15, 0.2) is 5.82 Å². The molecule has 6 heteroatoms. The molecule has 0 amide bonds. The van der Waals surface area contributed by atoms with Gasteiger partial charge in [0.05, 0.1) is 6.20 Å². The molecule has 0 radical (unpaired) electrons. The third-order valence-electron chi connectivity index (χ3n) is 3.05. The molecule has 0 bridgehead atoms. The largest absolute Gasteiger partial charge is 0.354 e. The van der Waals surface area contributed by atoms with Crippen LogP contribution < -0.4 is 10.2 Å². The third-order valence-corrected chi connectivity index (χ3v) is 4.46. The second-order valence-electron chi connectivity index (χ2n) is 4.42. The first-order valence-corrected chi connectivity index (χ1v) is 7.82. The predicted molar refractivity (Wildman–Crippen MR) is 80.0 cm³/mol. The highest BCUT2D eigenvalue weighted by Crippen LogP contribution is 2.29. The van der Waals surface area contributed by atoms with Gasteiger partial charge in [-0.3, -0.25) is 0 Å². The fourth-order valence-electron chi connectivity index (χ4n) is 1.93. The molecule has 1 aromatic heterocycles. The van der Waals surface area contributed by atoms with Gasteiger partial charge in [-0.1, -0.05) is 18.5 Å². The lowest BCUT2D eigenvalue weighted by Crippen LogP contribution is -2.32. The van der Waals surface area contributed by atoms with Crippen LogP contribution in [0.25, 0.3) is 0 Å². The summed E-state index contributed by atoms with van der Waals surface area (Å²) in [5.74, 6) is 3.86. The Labute approximate surface area is 118 Å². The van der Waals surface area contributed by atoms with E-state index < -0.39 is 0 Å². The zero-order valence-electron chi connectivity index (χ0n) is 10.8. The summed E-state index contributed by atoms with van der Waals surface area (Å²) < 4.78 is 0. The van der Waals surface area contributed by atoms with E-state index in [9.17, 15) is 0 Å². The van der Waals surface area contributed by atoms with Gasteiger partial charge >= 0.3 is 0 Å². The Hall–Kier alpha value is -0.680. The van der Waals surface area contributed by atoms with Crippen molar-refractivity contribution in [2.24, 2.45) is 0 Å². The van der Waals surface area contributed by atoms with Gasteiger partial charge in [0.25, 0.3) is 0 Å². The highest BCUT2D eigenvalue weighted by molar-refractivity contribution is 7.99. The quantitative estimate of drug-likeness (QED) is 0.901. The second-order valence-corrected chi connectivity index (χ2v) is 5.98. The number of rotatable bonds is 5. The Morgan fingerprint density at radius 3 is 3.11 bits per heavy atom. The highest BCUT2D eigenvalue weighted by atomic mass is 35.5. The van der Waals surface area contributed by atoms with Crippen LogP contribution >= 0.6 is 23.4 Å². The maximum Gasteiger partial charge on any atom is 0.224 e. The molecular weight excluding hydrogens is 268 g/mol. The maximum absolute atomic E-state index is 6.20. The lowest BCUT2D eigenvalue weighted by Gasteiger charge is -2.25. The minimum absolute atomic E-state index is 0.529. The Balaban J connectivity index is 2.14. The van der Waals surface area contributed by atoms with Crippen molar-refractivity contribution in [3.8, 4) is 0 Å². The fourth-order valence-corrected chi connectivity index (χ4v) is 3.42. The van der Waals surface area contributed by atoms with Crippen LogP contribution in [-0.2, 0) is 0 Å². The zero-order chi connectivity index (χ0) is 13.0. The minimum atomic E-state index is 0.529. The number of nitrogens with one attached hydrogen (secondary N) is 1. The van der Waals surface area contributed by atoms with Gasteiger partial charge in [-0.2, -0.15) is 16.7 Å². The van der Waals surface area contributed by atoms with Crippen LogP contribution in [0.4, 0.5) is 11.8 Å². The smallest absolute Gasteiger partial charge is 0.224 e. The molecular formula is C12H19ClN4S. The van der Waals surface area contributed by atoms with Crippen molar-refractivity contribution in [1.29, 1.82) is 0 Å².